The normalized spacial score (nSPS) is 14.3. The molecule has 0 N–H and O–H groups in total. The van der Waals surface area contributed by atoms with Gasteiger partial charge in [0.05, 0.1) is 12.2 Å². The van der Waals surface area contributed by atoms with Gasteiger partial charge < -0.3 is 19.4 Å². The molecule has 0 radical (unpaired) electrons. The molecule has 2 heterocycles. The molecule has 1 aromatic rings. The van der Waals surface area contributed by atoms with Crippen molar-refractivity contribution in [2.24, 2.45) is 0 Å². The van der Waals surface area contributed by atoms with E-state index < -0.39 is 0 Å². The molecule has 144 valence electrons. The lowest BCUT2D eigenvalue weighted by Crippen LogP contribution is -2.50. The second-order valence-electron chi connectivity index (χ2n) is 6.37. The van der Waals surface area contributed by atoms with Crippen molar-refractivity contribution >= 4 is 17.8 Å². The Morgan fingerprint density at radius 3 is 2.15 bits per heavy atom. The highest BCUT2D eigenvalue weighted by atomic mass is 16.6. The molecule has 1 aliphatic rings. The van der Waals surface area contributed by atoms with E-state index in [-0.39, 0.29) is 12.0 Å². The van der Waals surface area contributed by atoms with Crippen molar-refractivity contribution in [3.63, 3.8) is 0 Å². The van der Waals surface area contributed by atoms with Gasteiger partial charge >= 0.3 is 6.09 Å². The van der Waals surface area contributed by atoms with Gasteiger partial charge in [-0.3, -0.25) is 4.79 Å². The number of carbonyl (C=O) groups is 2. The van der Waals surface area contributed by atoms with Gasteiger partial charge in [-0.15, -0.1) is 0 Å². The zero-order valence-electron chi connectivity index (χ0n) is 16.1. The van der Waals surface area contributed by atoms with Crippen molar-refractivity contribution < 1.29 is 14.3 Å². The predicted octanol–water partition coefficient (Wildman–Crippen LogP) is 2.62. The standard InChI is InChI=1S/C19H30N4O3/c1-4-9-21(10-5-2)17-8-7-16(15-20-17)18(24)22-11-13-23(14-12-22)19(25)26-6-3/h7-8,15H,4-6,9-14H2,1-3H3. The van der Waals surface area contributed by atoms with Crippen LogP contribution in [-0.4, -0.2) is 72.7 Å². The maximum atomic E-state index is 12.7. The fraction of sp³-hybridized carbons (Fsp3) is 0.632. The van der Waals surface area contributed by atoms with Crippen LogP contribution in [0.3, 0.4) is 0 Å². The monoisotopic (exact) mass is 362 g/mol. The van der Waals surface area contributed by atoms with Crippen LogP contribution in [0.4, 0.5) is 10.6 Å². The molecule has 2 amide bonds. The van der Waals surface area contributed by atoms with Crippen LogP contribution in [-0.2, 0) is 4.74 Å². The summed E-state index contributed by atoms with van der Waals surface area (Å²) in [7, 11) is 0. The van der Waals surface area contributed by atoms with Crippen LogP contribution in [0, 0.1) is 0 Å². The number of nitrogens with zero attached hydrogens (tertiary/aromatic N) is 4. The molecule has 1 aromatic heterocycles. The Balaban J connectivity index is 1.95. The SMILES string of the molecule is CCCN(CCC)c1ccc(C(=O)N2CCN(C(=O)OCC)CC2)cn1. The second-order valence-corrected chi connectivity index (χ2v) is 6.37. The highest BCUT2D eigenvalue weighted by Crippen LogP contribution is 2.15. The minimum atomic E-state index is -0.308. The van der Waals surface area contributed by atoms with Crippen molar-refractivity contribution in [3.05, 3.63) is 23.9 Å². The van der Waals surface area contributed by atoms with Crippen molar-refractivity contribution in [1.29, 1.82) is 0 Å². The summed E-state index contributed by atoms with van der Waals surface area (Å²) < 4.78 is 5.01. The van der Waals surface area contributed by atoms with Gasteiger partial charge in [0.25, 0.3) is 5.91 Å². The second kappa shape index (κ2) is 9.99. The van der Waals surface area contributed by atoms with Crippen LogP contribution in [0.2, 0.25) is 0 Å². The average Bonchev–Trinajstić information content (AvgIpc) is 2.68. The van der Waals surface area contributed by atoms with E-state index in [1.54, 1.807) is 22.9 Å². The van der Waals surface area contributed by atoms with Crippen LogP contribution < -0.4 is 4.90 Å². The Hall–Kier alpha value is -2.31. The molecule has 7 heteroatoms. The van der Waals surface area contributed by atoms with Gasteiger partial charge in [-0.1, -0.05) is 13.8 Å². The van der Waals surface area contributed by atoms with Gasteiger partial charge in [0.2, 0.25) is 0 Å². The molecule has 0 unspecified atom stereocenters. The summed E-state index contributed by atoms with van der Waals surface area (Å²) in [4.78, 5) is 34.6. The highest BCUT2D eigenvalue weighted by molar-refractivity contribution is 5.94. The topological polar surface area (TPSA) is 66.0 Å². The molecule has 0 aliphatic carbocycles. The first-order valence-corrected chi connectivity index (χ1v) is 9.52. The Kier molecular flexibility index (Phi) is 7.69. The van der Waals surface area contributed by atoms with E-state index in [1.807, 2.05) is 12.1 Å². The molecular formula is C19H30N4O3. The van der Waals surface area contributed by atoms with Gasteiger partial charge in [0, 0.05) is 45.5 Å². The number of aromatic nitrogens is 1. The molecule has 1 aliphatic heterocycles. The lowest BCUT2D eigenvalue weighted by molar-refractivity contribution is 0.0570. The summed E-state index contributed by atoms with van der Waals surface area (Å²) >= 11 is 0. The number of anilines is 1. The highest BCUT2D eigenvalue weighted by Gasteiger charge is 2.25. The Labute approximate surface area is 155 Å². The first-order valence-electron chi connectivity index (χ1n) is 9.52. The molecule has 0 saturated carbocycles. The number of carbonyl (C=O) groups excluding carboxylic acids is 2. The van der Waals surface area contributed by atoms with E-state index in [0.717, 1.165) is 31.7 Å². The molecule has 0 aromatic carbocycles. The van der Waals surface area contributed by atoms with E-state index in [4.69, 9.17) is 4.74 Å². The lowest BCUT2D eigenvalue weighted by atomic mass is 10.2. The minimum Gasteiger partial charge on any atom is -0.450 e. The maximum Gasteiger partial charge on any atom is 0.409 e. The Morgan fingerprint density at radius 1 is 1.04 bits per heavy atom. The van der Waals surface area contributed by atoms with E-state index in [9.17, 15) is 9.59 Å². The summed E-state index contributed by atoms with van der Waals surface area (Å²) in [6, 6.07) is 3.77. The number of pyridine rings is 1. The molecule has 0 spiro atoms. The quantitative estimate of drug-likeness (QED) is 0.746. The van der Waals surface area contributed by atoms with E-state index in [0.29, 0.717) is 38.3 Å². The molecule has 1 fully saturated rings. The maximum absolute atomic E-state index is 12.7. The van der Waals surface area contributed by atoms with Crippen LogP contribution >= 0.6 is 0 Å². The van der Waals surface area contributed by atoms with E-state index in [2.05, 4.69) is 23.7 Å². The summed E-state index contributed by atoms with van der Waals surface area (Å²) in [5.41, 5.74) is 0.589. The fourth-order valence-corrected chi connectivity index (χ4v) is 3.07. The number of ether oxygens (including phenoxy) is 1. The third-order valence-electron chi connectivity index (χ3n) is 4.40. The average molecular weight is 362 g/mol. The number of rotatable bonds is 7. The predicted molar refractivity (Wildman–Crippen MR) is 102 cm³/mol. The minimum absolute atomic E-state index is 0.0370. The molecule has 7 nitrogen and oxygen atoms in total. The first-order chi connectivity index (χ1) is 12.6. The molecule has 2 rings (SSSR count). The number of hydrogen-bond donors (Lipinski definition) is 0. The van der Waals surface area contributed by atoms with Gasteiger partial charge in [-0.2, -0.15) is 0 Å². The van der Waals surface area contributed by atoms with Crippen molar-refractivity contribution in [2.45, 2.75) is 33.6 Å². The summed E-state index contributed by atoms with van der Waals surface area (Å²) in [6.07, 6.45) is 3.48. The van der Waals surface area contributed by atoms with Crippen LogP contribution in [0.5, 0.6) is 0 Å². The zero-order chi connectivity index (χ0) is 18.9. The van der Waals surface area contributed by atoms with E-state index >= 15 is 0 Å². The lowest BCUT2D eigenvalue weighted by Gasteiger charge is -2.34. The van der Waals surface area contributed by atoms with Gasteiger partial charge in [0.15, 0.2) is 0 Å². The largest absolute Gasteiger partial charge is 0.450 e. The third-order valence-corrected chi connectivity index (χ3v) is 4.40. The molecule has 0 atom stereocenters. The Bertz CT molecular complexity index is 577. The Morgan fingerprint density at radius 2 is 1.65 bits per heavy atom. The molecular weight excluding hydrogens is 332 g/mol. The third kappa shape index (κ3) is 5.09. The summed E-state index contributed by atoms with van der Waals surface area (Å²) in [6.45, 7) is 10.4. The zero-order valence-corrected chi connectivity index (χ0v) is 16.1. The van der Waals surface area contributed by atoms with Crippen LogP contribution in [0.25, 0.3) is 0 Å². The number of hydrogen-bond acceptors (Lipinski definition) is 5. The fourth-order valence-electron chi connectivity index (χ4n) is 3.07. The summed E-state index contributed by atoms with van der Waals surface area (Å²) in [5.74, 6) is 0.877. The molecule has 1 saturated heterocycles. The van der Waals surface area contributed by atoms with Crippen molar-refractivity contribution in [1.82, 2.24) is 14.8 Å². The van der Waals surface area contributed by atoms with Gasteiger partial charge in [-0.25, -0.2) is 9.78 Å². The van der Waals surface area contributed by atoms with Crippen molar-refractivity contribution in [2.75, 3.05) is 50.8 Å². The first kappa shape index (κ1) is 20.0. The summed E-state index contributed by atoms with van der Waals surface area (Å²) in [5, 5.41) is 0. The van der Waals surface area contributed by atoms with Crippen molar-refractivity contribution in [3.8, 4) is 0 Å². The molecule has 0 bridgehead atoms. The molecule has 26 heavy (non-hydrogen) atoms. The number of amides is 2. The van der Waals surface area contributed by atoms with Crippen LogP contribution in [0.15, 0.2) is 18.3 Å². The van der Waals surface area contributed by atoms with Gasteiger partial charge in [-0.05, 0) is 31.9 Å². The van der Waals surface area contributed by atoms with Gasteiger partial charge in [0.1, 0.15) is 5.82 Å². The number of piperazine rings is 1. The van der Waals surface area contributed by atoms with Crippen LogP contribution in [0.1, 0.15) is 44.0 Å². The van der Waals surface area contributed by atoms with E-state index in [1.165, 1.54) is 0 Å². The smallest absolute Gasteiger partial charge is 0.409 e.